The molecule has 1 aromatic carbocycles. The minimum Gasteiger partial charge on any atom is -0.425 e. The van der Waals surface area contributed by atoms with E-state index in [0.717, 1.165) is 12.0 Å². The van der Waals surface area contributed by atoms with E-state index in [-0.39, 0.29) is 0 Å². The third kappa shape index (κ3) is 2.33. The van der Waals surface area contributed by atoms with E-state index >= 15 is 0 Å². The number of nitrogens with zero attached hydrogens (tertiary/aromatic N) is 1. The molecular weight excluding hydrogens is 178 g/mol. The highest BCUT2D eigenvalue weighted by atomic mass is 16.5. The Balaban J connectivity index is 3.09. The predicted molar refractivity (Wildman–Crippen MR) is 51.8 cm³/mol. The highest BCUT2D eigenvalue weighted by molar-refractivity contribution is 5.70. The second kappa shape index (κ2) is 4.43. The number of hydrogen-bond donors (Lipinski definition) is 0. The average Bonchev–Trinajstić information content (AvgIpc) is 2.16. The maximum Gasteiger partial charge on any atom is 0.308 e. The maximum atomic E-state index is 10.7. The summed E-state index contributed by atoms with van der Waals surface area (Å²) in [5, 5.41) is 8.75. The van der Waals surface area contributed by atoms with Crippen LogP contribution in [-0.4, -0.2) is 5.97 Å². The van der Waals surface area contributed by atoms with Gasteiger partial charge in [-0.3, -0.25) is 4.79 Å². The van der Waals surface area contributed by atoms with Gasteiger partial charge in [0.15, 0.2) is 0 Å². The van der Waals surface area contributed by atoms with Crippen LogP contribution in [0.5, 0.6) is 5.75 Å². The van der Waals surface area contributed by atoms with E-state index in [1.54, 1.807) is 12.1 Å². The molecule has 0 aliphatic rings. The Kier molecular flexibility index (Phi) is 3.24. The average molecular weight is 189 g/mol. The highest BCUT2D eigenvalue weighted by Gasteiger charge is 2.06. The lowest BCUT2D eigenvalue weighted by atomic mass is 10.1. The first-order valence-corrected chi connectivity index (χ1v) is 4.38. The van der Waals surface area contributed by atoms with Gasteiger partial charge >= 0.3 is 5.97 Å². The molecule has 0 spiro atoms. The van der Waals surface area contributed by atoms with Crippen molar-refractivity contribution in [3.63, 3.8) is 0 Å². The third-order valence-corrected chi connectivity index (χ3v) is 1.83. The zero-order valence-corrected chi connectivity index (χ0v) is 8.20. The second-order valence-corrected chi connectivity index (χ2v) is 2.89. The van der Waals surface area contributed by atoms with Crippen LogP contribution in [0.4, 0.5) is 0 Å². The van der Waals surface area contributed by atoms with Crippen LogP contribution in [0.3, 0.4) is 0 Å². The fourth-order valence-electron chi connectivity index (χ4n) is 1.12. The van der Waals surface area contributed by atoms with E-state index in [2.05, 4.69) is 0 Å². The largest absolute Gasteiger partial charge is 0.425 e. The summed E-state index contributed by atoms with van der Waals surface area (Å²) in [4.78, 5) is 10.7. The molecule has 0 fully saturated rings. The summed E-state index contributed by atoms with van der Waals surface area (Å²) in [5.74, 6) is -0.0610. The van der Waals surface area contributed by atoms with E-state index in [1.807, 2.05) is 19.1 Å². The van der Waals surface area contributed by atoms with E-state index < -0.39 is 5.97 Å². The van der Waals surface area contributed by atoms with Crippen molar-refractivity contribution in [3.05, 3.63) is 29.3 Å². The number of esters is 1. The smallest absolute Gasteiger partial charge is 0.308 e. The summed E-state index contributed by atoms with van der Waals surface area (Å²) in [7, 11) is 0. The van der Waals surface area contributed by atoms with Gasteiger partial charge in [-0.1, -0.05) is 13.0 Å². The minimum atomic E-state index is -0.408. The summed E-state index contributed by atoms with van der Waals surface area (Å²) in [6, 6.07) is 7.21. The van der Waals surface area contributed by atoms with Gasteiger partial charge in [-0.25, -0.2) is 0 Å². The zero-order valence-electron chi connectivity index (χ0n) is 8.20. The van der Waals surface area contributed by atoms with Gasteiger partial charge in [0.25, 0.3) is 0 Å². The van der Waals surface area contributed by atoms with Crippen LogP contribution in [0.2, 0.25) is 0 Å². The lowest BCUT2D eigenvalue weighted by molar-refractivity contribution is -0.131. The molecule has 1 rings (SSSR count). The van der Waals surface area contributed by atoms with Crippen molar-refractivity contribution in [2.75, 3.05) is 0 Å². The molecule has 0 N–H and O–H groups in total. The lowest BCUT2D eigenvalue weighted by Gasteiger charge is -2.05. The molecule has 0 unspecified atom stereocenters. The molecule has 3 nitrogen and oxygen atoms in total. The van der Waals surface area contributed by atoms with Gasteiger partial charge in [0.05, 0.1) is 5.56 Å². The Hall–Kier alpha value is -1.82. The fourth-order valence-corrected chi connectivity index (χ4v) is 1.12. The third-order valence-electron chi connectivity index (χ3n) is 1.83. The summed E-state index contributed by atoms with van der Waals surface area (Å²) in [6.07, 6.45) is 0.847. The molecule has 0 heterocycles. The van der Waals surface area contributed by atoms with Gasteiger partial charge in [0, 0.05) is 6.92 Å². The summed E-state index contributed by atoms with van der Waals surface area (Å²) < 4.78 is 4.92. The van der Waals surface area contributed by atoms with Gasteiger partial charge in [-0.15, -0.1) is 0 Å². The molecule has 0 aromatic heterocycles. The Morgan fingerprint density at radius 3 is 2.79 bits per heavy atom. The Morgan fingerprint density at radius 2 is 2.29 bits per heavy atom. The van der Waals surface area contributed by atoms with Crippen LogP contribution in [-0.2, 0) is 11.2 Å². The van der Waals surface area contributed by atoms with Crippen LogP contribution < -0.4 is 4.74 Å². The van der Waals surface area contributed by atoms with Gasteiger partial charge in [-0.2, -0.15) is 5.26 Å². The number of rotatable bonds is 2. The number of carbonyl (C=O) groups is 1. The lowest BCUT2D eigenvalue weighted by Crippen LogP contribution is -2.03. The van der Waals surface area contributed by atoms with E-state index in [4.69, 9.17) is 10.00 Å². The first-order chi connectivity index (χ1) is 6.67. The van der Waals surface area contributed by atoms with Crippen molar-refractivity contribution < 1.29 is 9.53 Å². The first kappa shape index (κ1) is 10.3. The Labute approximate surface area is 82.9 Å². The monoisotopic (exact) mass is 189 g/mol. The molecule has 14 heavy (non-hydrogen) atoms. The molecular formula is C11H11NO2. The maximum absolute atomic E-state index is 10.7. The minimum absolute atomic E-state index is 0.347. The molecule has 0 atom stereocenters. The van der Waals surface area contributed by atoms with Gasteiger partial charge < -0.3 is 4.74 Å². The molecule has 0 amide bonds. The zero-order chi connectivity index (χ0) is 10.6. The highest BCUT2D eigenvalue weighted by Crippen LogP contribution is 2.20. The SMILES string of the molecule is CCc1ccc(C#N)c(OC(C)=O)c1. The molecule has 0 saturated carbocycles. The quantitative estimate of drug-likeness (QED) is 0.528. The summed E-state index contributed by atoms with van der Waals surface area (Å²) in [6.45, 7) is 3.32. The molecule has 0 saturated heterocycles. The number of benzene rings is 1. The van der Waals surface area contributed by atoms with Crippen LogP contribution >= 0.6 is 0 Å². The number of hydrogen-bond acceptors (Lipinski definition) is 3. The molecule has 3 heteroatoms. The number of ether oxygens (including phenoxy) is 1. The van der Waals surface area contributed by atoms with Crippen LogP contribution in [0.25, 0.3) is 0 Å². The molecule has 0 radical (unpaired) electrons. The van der Waals surface area contributed by atoms with Crippen LogP contribution in [0, 0.1) is 11.3 Å². The molecule has 0 aliphatic carbocycles. The van der Waals surface area contributed by atoms with E-state index in [1.165, 1.54) is 6.92 Å². The molecule has 72 valence electrons. The van der Waals surface area contributed by atoms with Crippen molar-refractivity contribution in [3.8, 4) is 11.8 Å². The topological polar surface area (TPSA) is 50.1 Å². The van der Waals surface area contributed by atoms with Crippen molar-refractivity contribution in [2.24, 2.45) is 0 Å². The van der Waals surface area contributed by atoms with Crippen molar-refractivity contribution >= 4 is 5.97 Å². The van der Waals surface area contributed by atoms with Gasteiger partial charge in [-0.05, 0) is 24.1 Å². The standard InChI is InChI=1S/C11H11NO2/c1-3-9-4-5-10(7-12)11(6-9)14-8(2)13/h4-6H,3H2,1-2H3. The normalized spacial score (nSPS) is 9.21. The number of carbonyl (C=O) groups excluding carboxylic acids is 1. The van der Waals surface area contributed by atoms with Crippen LogP contribution in [0.15, 0.2) is 18.2 Å². The molecule has 1 aromatic rings. The van der Waals surface area contributed by atoms with Crippen molar-refractivity contribution in [1.29, 1.82) is 5.26 Å². The Bertz CT molecular complexity index is 391. The van der Waals surface area contributed by atoms with Crippen molar-refractivity contribution in [1.82, 2.24) is 0 Å². The van der Waals surface area contributed by atoms with Crippen molar-refractivity contribution in [2.45, 2.75) is 20.3 Å². The van der Waals surface area contributed by atoms with E-state index in [9.17, 15) is 4.79 Å². The van der Waals surface area contributed by atoms with Gasteiger partial charge in [0.2, 0.25) is 0 Å². The number of nitriles is 1. The van der Waals surface area contributed by atoms with E-state index in [0.29, 0.717) is 11.3 Å². The predicted octanol–water partition coefficient (Wildman–Crippen LogP) is 2.05. The van der Waals surface area contributed by atoms with Crippen LogP contribution in [0.1, 0.15) is 25.0 Å². The number of aryl methyl sites for hydroxylation is 1. The first-order valence-electron chi connectivity index (χ1n) is 4.38. The second-order valence-electron chi connectivity index (χ2n) is 2.89. The summed E-state index contributed by atoms with van der Waals surface area (Å²) in [5.41, 5.74) is 1.43. The molecule has 0 bridgehead atoms. The Morgan fingerprint density at radius 1 is 1.57 bits per heavy atom. The molecule has 0 aliphatic heterocycles. The summed E-state index contributed by atoms with van der Waals surface area (Å²) >= 11 is 0. The fraction of sp³-hybridized carbons (Fsp3) is 0.273. The van der Waals surface area contributed by atoms with Gasteiger partial charge in [0.1, 0.15) is 11.8 Å².